The van der Waals surface area contributed by atoms with Crippen molar-refractivity contribution >= 4 is 11.3 Å². The van der Waals surface area contributed by atoms with E-state index in [-0.39, 0.29) is 0 Å². The van der Waals surface area contributed by atoms with Crippen LogP contribution in [-0.4, -0.2) is 12.6 Å². The maximum absolute atomic E-state index is 3.60. The highest BCUT2D eigenvalue weighted by molar-refractivity contribution is 7.09. The molecule has 2 aromatic rings. The van der Waals surface area contributed by atoms with Crippen LogP contribution in [0.4, 0.5) is 0 Å². The molecule has 1 N–H and O–H groups in total. The predicted octanol–water partition coefficient (Wildman–Crippen LogP) is 3.90. The topological polar surface area (TPSA) is 12.0 Å². The Morgan fingerprint density at radius 1 is 1.11 bits per heavy atom. The molecule has 1 atom stereocenters. The van der Waals surface area contributed by atoms with Gasteiger partial charge in [-0.3, -0.25) is 0 Å². The predicted molar refractivity (Wildman–Crippen MR) is 80.3 cm³/mol. The first-order valence-corrected chi connectivity index (χ1v) is 7.56. The maximum Gasteiger partial charge on any atom is 0.0111 e. The molecular weight excluding hydrogens is 238 g/mol. The van der Waals surface area contributed by atoms with Crippen molar-refractivity contribution < 1.29 is 0 Å². The van der Waals surface area contributed by atoms with E-state index in [1.165, 1.54) is 23.3 Å². The molecule has 2 rings (SSSR count). The van der Waals surface area contributed by atoms with E-state index in [1.807, 2.05) is 11.3 Å². The summed E-state index contributed by atoms with van der Waals surface area (Å²) in [5.41, 5.74) is 1.43. The third-order valence-electron chi connectivity index (χ3n) is 3.14. The molecule has 0 aliphatic rings. The standard InChI is InChI=1S/C16H21NS/c1-2-17-15(10-11-16-9-6-12-18-16)13-14-7-4-3-5-8-14/h3-9,12,15,17H,2,10-11,13H2,1H3. The zero-order valence-electron chi connectivity index (χ0n) is 10.9. The normalized spacial score (nSPS) is 12.5. The van der Waals surface area contributed by atoms with Crippen LogP contribution >= 0.6 is 11.3 Å². The van der Waals surface area contributed by atoms with Crippen molar-refractivity contribution in [3.8, 4) is 0 Å². The van der Waals surface area contributed by atoms with Crippen LogP contribution in [-0.2, 0) is 12.8 Å². The van der Waals surface area contributed by atoms with E-state index in [9.17, 15) is 0 Å². The van der Waals surface area contributed by atoms with Crippen molar-refractivity contribution in [2.75, 3.05) is 6.54 Å². The third-order valence-corrected chi connectivity index (χ3v) is 4.07. The quantitative estimate of drug-likeness (QED) is 0.795. The van der Waals surface area contributed by atoms with Crippen molar-refractivity contribution in [2.24, 2.45) is 0 Å². The van der Waals surface area contributed by atoms with Gasteiger partial charge in [0, 0.05) is 10.9 Å². The van der Waals surface area contributed by atoms with Crippen LogP contribution in [0.2, 0.25) is 0 Å². The fourth-order valence-corrected chi connectivity index (χ4v) is 2.96. The van der Waals surface area contributed by atoms with E-state index in [0.717, 1.165) is 13.0 Å². The number of hydrogen-bond donors (Lipinski definition) is 1. The SMILES string of the molecule is CCNC(CCc1cccs1)Cc1ccccc1. The zero-order chi connectivity index (χ0) is 12.6. The van der Waals surface area contributed by atoms with Crippen molar-refractivity contribution in [1.29, 1.82) is 0 Å². The Morgan fingerprint density at radius 3 is 2.61 bits per heavy atom. The van der Waals surface area contributed by atoms with E-state index < -0.39 is 0 Å². The smallest absolute Gasteiger partial charge is 0.0111 e. The average molecular weight is 259 g/mol. The molecule has 18 heavy (non-hydrogen) atoms. The molecule has 0 radical (unpaired) electrons. The Labute approximate surface area is 114 Å². The van der Waals surface area contributed by atoms with Gasteiger partial charge < -0.3 is 5.32 Å². The van der Waals surface area contributed by atoms with E-state index in [0.29, 0.717) is 6.04 Å². The van der Waals surface area contributed by atoms with Gasteiger partial charge >= 0.3 is 0 Å². The van der Waals surface area contributed by atoms with E-state index >= 15 is 0 Å². The summed E-state index contributed by atoms with van der Waals surface area (Å²) in [5.74, 6) is 0. The minimum atomic E-state index is 0.583. The van der Waals surface area contributed by atoms with Crippen LogP contribution in [0.15, 0.2) is 47.8 Å². The fourth-order valence-electron chi connectivity index (χ4n) is 2.23. The zero-order valence-corrected chi connectivity index (χ0v) is 11.7. The molecule has 0 saturated heterocycles. The van der Waals surface area contributed by atoms with E-state index in [2.05, 4.69) is 60.1 Å². The summed E-state index contributed by atoms with van der Waals surface area (Å²) in [6, 6.07) is 15.7. The largest absolute Gasteiger partial charge is 0.314 e. The molecule has 1 unspecified atom stereocenters. The molecule has 1 aromatic heterocycles. The number of benzene rings is 1. The number of hydrogen-bond acceptors (Lipinski definition) is 2. The van der Waals surface area contributed by atoms with Gasteiger partial charge in [0.1, 0.15) is 0 Å². The summed E-state index contributed by atoms with van der Waals surface area (Å²) in [4.78, 5) is 1.49. The van der Waals surface area contributed by atoms with Gasteiger partial charge in [0.2, 0.25) is 0 Å². The van der Waals surface area contributed by atoms with Gasteiger partial charge in [-0.1, -0.05) is 43.3 Å². The van der Waals surface area contributed by atoms with Crippen LogP contribution in [0.5, 0.6) is 0 Å². The molecule has 1 heterocycles. The Morgan fingerprint density at radius 2 is 1.94 bits per heavy atom. The number of nitrogens with one attached hydrogen (secondary N) is 1. The second kappa shape index (κ2) is 7.34. The first kappa shape index (κ1) is 13.3. The summed E-state index contributed by atoms with van der Waals surface area (Å²) in [7, 11) is 0. The average Bonchev–Trinajstić information content (AvgIpc) is 2.91. The first-order chi connectivity index (χ1) is 8.88. The minimum absolute atomic E-state index is 0.583. The molecule has 96 valence electrons. The van der Waals surface area contributed by atoms with Gasteiger partial charge in [-0.05, 0) is 42.8 Å². The van der Waals surface area contributed by atoms with Crippen molar-refractivity contribution in [3.05, 3.63) is 58.3 Å². The Kier molecular flexibility index (Phi) is 5.43. The molecule has 1 aromatic carbocycles. The van der Waals surface area contributed by atoms with Crippen molar-refractivity contribution in [2.45, 2.75) is 32.2 Å². The van der Waals surface area contributed by atoms with Gasteiger partial charge in [-0.25, -0.2) is 0 Å². The van der Waals surface area contributed by atoms with Crippen LogP contribution in [0.3, 0.4) is 0 Å². The lowest BCUT2D eigenvalue weighted by molar-refractivity contribution is 0.492. The number of thiophene rings is 1. The lowest BCUT2D eigenvalue weighted by atomic mass is 10.0. The molecule has 0 fully saturated rings. The Hall–Kier alpha value is -1.12. The lowest BCUT2D eigenvalue weighted by Gasteiger charge is -2.17. The van der Waals surface area contributed by atoms with Crippen LogP contribution in [0.1, 0.15) is 23.8 Å². The van der Waals surface area contributed by atoms with Gasteiger partial charge in [-0.15, -0.1) is 11.3 Å². The summed E-state index contributed by atoms with van der Waals surface area (Å²) in [5, 5.41) is 5.76. The van der Waals surface area contributed by atoms with Gasteiger partial charge in [-0.2, -0.15) is 0 Å². The van der Waals surface area contributed by atoms with E-state index in [4.69, 9.17) is 0 Å². The number of likely N-dealkylation sites (N-methyl/N-ethyl adjacent to an activating group) is 1. The Bertz CT molecular complexity index is 422. The molecule has 1 nitrogen and oxygen atoms in total. The summed E-state index contributed by atoms with van der Waals surface area (Å²) >= 11 is 1.86. The molecule has 0 saturated carbocycles. The molecule has 0 aliphatic carbocycles. The molecule has 0 amide bonds. The number of aryl methyl sites for hydroxylation is 1. The highest BCUT2D eigenvalue weighted by Gasteiger charge is 2.08. The van der Waals surface area contributed by atoms with E-state index in [1.54, 1.807) is 0 Å². The van der Waals surface area contributed by atoms with Gasteiger partial charge in [0.15, 0.2) is 0 Å². The van der Waals surface area contributed by atoms with Crippen molar-refractivity contribution in [3.63, 3.8) is 0 Å². The van der Waals surface area contributed by atoms with Crippen LogP contribution < -0.4 is 5.32 Å². The maximum atomic E-state index is 3.60. The Balaban J connectivity index is 1.87. The van der Waals surface area contributed by atoms with Crippen LogP contribution in [0.25, 0.3) is 0 Å². The summed E-state index contributed by atoms with van der Waals surface area (Å²) in [6.45, 7) is 3.23. The molecule has 0 aliphatic heterocycles. The van der Waals surface area contributed by atoms with Crippen LogP contribution in [0, 0.1) is 0 Å². The molecule has 0 bridgehead atoms. The summed E-state index contributed by atoms with van der Waals surface area (Å²) in [6.07, 6.45) is 3.52. The van der Waals surface area contributed by atoms with Gasteiger partial charge in [0.05, 0.1) is 0 Å². The fraction of sp³-hybridized carbons (Fsp3) is 0.375. The number of rotatable bonds is 7. The molecule has 0 spiro atoms. The second-order valence-electron chi connectivity index (χ2n) is 4.56. The third kappa shape index (κ3) is 4.28. The molecular formula is C16H21NS. The highest BCUT2D eigenvalue weighted by Crippen LogP contribution is 2.14. The highest BCUT2D eigenvalue weighted by atomic mass is 32.1. The molecule has 2 heteroatoms. The second-order valence-corrected chi connectivity index (χ2v) is 5.59. The minimum Gasteiger partial charge on any atom is -0.314 e. The van der Waals surface area contributed by atoms with Gasteiger partial charge in [0.25, 0.3) is 0 Å². The summed E-state index contributed by atoms with van der Waals surface area (Å²) < 4.78 is 0. The van der Waals surface area contributed by atoms with Crippen molar-refractivity contribution in [1.82, 2.24) is 5.32 Å². The first-order valence-electron chi connectivity index (χ1n) is 6.68. The lowest BCUT2D eigenvalue weighted by Crippen LogP contribution is -2.31. The monoisotopic (exact) mass is 259 g/mol.